The highest BCUT2D eigenvalue weighted by molar-refractivity contribution is 7.80. The molecule has 0 aliphatic rings. The van der Waals surface area contributed by atoms with Crippen molar-refractivity contribution in [3.63, 3.8) is 0 Å². The number of hydrogen-bond acceptors (Lipinski definition) is 3. The Morgan fingerprint density at radius 3 is 2.00 bits per heavy atom. The summed E-state index contributed by atoms with van der Waals surface area (Å²) in [6.07, 6.45) is 11.1. The lowest BCUT2D eigenvalue weighted by molar-refractivity contribution is -0.137. The Hall–Kier alpha value is -0.440. The largest absolute Gasteiger partial charge is 0.463 e. The number of thiol groups is 1. The molecule has 0 N–H and O–H groups in total. The maximum atomic E-state index is 10.7. The molecule has 94 valence electrons. The minimum atomic E-state index is -0.313. The third-order valence-electron chi connectivity index (χ3n) is 2.46. The van der Waals surface area contributed by atoms with Gasteiger partial charge < -0.3 is 4.74 Å². The zero-order valence-electron chi connectivity index (χ0n) is 10.1. The second kappa shape index (κ2) is 12.6. The first-order valence-electron chi connectivity index (χ1n) is 6.21. The molecule has 0 aromatic rings. The van der Waals surface area contributed by atoms with Crippen LogP contribution in [0.2, 0.25) is 0 Å². The third-order valence-corrected chi connectivity index (χ3v) is 2.78. The van der Waals surface area contributed by atoms with Gasteiger partial charge >= 0.3 is 5.97 Å². The van der Waals surface area contributed by atoms with Crippen LogP contribution in [0.5, 0.6) is 0 Å². The number of unbranched alkanes of at least 4 members (excludes halogenated alkanes) is 7. The summed E-state index contributed by atoms with van der Waals surface area (Å²) in [6, 6.07) is 0. The van der Waals surface area contributed by atoms with Gasteiger partial charge in [0.2, 0.25) is 0 Å². The van der Waals surface area contributed by atoms with Gasteiger partial charge in [-0.15, -0.1) is 0 Å². The fourth-order valence-electron chi connectivity index (χ4n) is 1.51. The van der Waals surface area contributed by atoms with Crippen LogP contribution in [0.3, 0.4) is 0 Å². The summed E-state index contributed by atoms with van der Waals surface area (Å²) in [4.78, 5) is 10.7. The molecule has 0 heterocycles. The van der Waals surface area contributed by atoms with Crippen molar-refractivity contribution in [2.75, 3.05) is 12.4 Å². The Bertz CT molecular complexity index is 181. The SMILES string of the molecule is C=CC(=O)OCCCCCCCCCCS. The predicted molar refractivity (Wildman–Crippen MR) is 71.9 cm³/mol. The quantitative estimate of drug-likeness (QED) is 0.259. The van der Waals surface area contributed by atoms with Crippen molar-refractivity contribution in [1.82, 2.24) is 0 Å². The number of esters is 1. The van der Waals surface area contributed by atoms with Crippen molar-refractivity contribution in [3.05, 3.63) is 12.7 Å². The van der Waals surface area contributed by atoms with Crippen LogP contribution in [0.1, 0.15) is 51.4 Å². The summed E-state index contributed by atoms with van der Waals surface area (Å²) in [7, 11) is 0. The van der Waals surface area contributed by atoms with Crippen molar-refractivity contribution in [2.24, 2.45) is 0 Å². The Labute approximate surface area is 105 Å². The summed E-state index contributed by atoms with van der Waals surface area (Å²) in [5, 5.41) is 0. The molecule has 0 amide bonds. The van der Waals surface area contributed by atoms with E-state index in [1.165, 1.54) is 44.6 Å². The highest BCUT2D eigenvalue weighted by Gasteiger charge is 1.95. The Morgan fingerprint density at radius 2 is 1.50 bits per heavy atom. The van der Waals surface area contributed by atoms with E-state index in [9.17, 15) is 4.79 Å². The smallest absolute Gasteiger partial charge is 0.330 e. The first-order chi connectivity index (χ1) is 7.81. The van der Waals surface area contributed by atoms with E-state index >= 15 is 0 Å². The number of rotatable bonds is 11. The van der Waals surface area contributed by atoms with Gasteiger partial charge in [0, 0.05) is 6.08 Å². The Kier molecular flexibility index (Phi) is 12.3. The molecule has 0 atom stereocenters. The lowest BCUT2D eigenvalue weighted by Crippen LogP contribution is -2.01. The van der Waals surface area contributed by atoms with E-state index in [0.29, 0.717) is 6.61 Å². The molecule has 0 aromatic carbocycles. The van der Waals surface area contributed by atoms with Gasteiger partial charge in [0.25, 0.3) is 0 Å². The van der Waals surface area contributed by atoms with Crippen molar-refractivity contribution >= 4 is 18.6 Å². The Morgan fingerprint density at radius 1 is 1.00 bits per heavy atom. The van der Waals surface area contributed by atoms with Gasteiger partial charge in [-0.1, -0.05) is 45.1 Å². The zero-order chi connectivity index (χ0) is 12.1. The molecule has 0 aliphatic heterocycles. The summed E-state index contributed by atoms with van der Waals surface area (Å²) in [5.41, 5.74) is 0. The molecule has 16 heavy (non-hydrogen) atoms. The maximum Gasteiger partial charge on any atom is 0.330 e. The minimum absolute atomic E-state index is 0.313. The monoisotopic (exact) mass is 244 g/mol. The van der Waals surface area contributed by atoms with Crippen molar-refractivity contribution in [1.29, 1.82) is 0 Å². The number of hydrogen-bond donors (Lipinski definition) is 1. The standard InChI is InChI=1S/C13H24O2S/c1-2-13(14)15-11-9-7-5-3-4-6-8-10-12-16/h2,16H,1,3-12H2. The second-order valence-corrected chi connectivity index (χ2v) is 4.37. The predicted octanol–water partition coefficient (Wildman–Crippen LogP) is 3.77. The molecule has 0 rings (SSSR count). The number of carbonyl (C=O) groups excluding carboxylic acids is 1. The molecule has 0 aromatic heterocycles. The summed E-state index contributed by atoms with van der Waals surface area (Å²) in [6.45, 7) is 3.88. The van der Waals surface area contributed by atoms with E-state index in [0.717, 1.165) is 18.6 Å². The van der Waals surface area contributed by atoms with Crippen LogP contribution in [-0.4, -0.2) is 18.3 Å². The minimum Gasteiger partial charge on any atom is -0.463 e. The van der Waals surface area contributed by atoms with Crippen LogP contribution < -0.4 is 0 Å². The normalized spacial score (nSPS) is 10.1. The van der Waals surface area contributed by atoms with E-state index in [1.807, 2.05) is 0 Å². The Balaban J connectivity index is 2.98. The fraction of sp³-hybridized carbons (Fsp3) is 0.769. The summed E-state index contributed by atoms with van der Waals surface area (Å²) in [5.74, 6) is 0.695. The van der Waals surface area contributed by atoms with E-state index in [4.69, 9.17) is 4.74 Å². The molecule has 0 bridgehead atoms. The molecule has 0 saturated carbocycles. The molecule has 0 unspecified atom stereocenters. The van der Waals surface area contributed by atoms with E-state index in [2.05, 4.69) is 19.2 Å². The molecule has 2 nitrogen and oxygen atoms in total. The average Bonchev–Trinajstić information content (AvgIpc) is 2.31. The molecular weight excluding hydrogens is 220 g/mol. The zero-order valence-corrected chi connectivity index (χ0v) is 11.0. The van der Waals surface area contributed by atoms with Crippen molar-refractivity contribution in [3.8, 4) is 0 Å². The second-order valence-electron chi connectivity index (χ2n) is 3.92. The maximum absolute atomic E-state index is 10.7. The van der Waals surface area contributed by atoms with Crippen LogP contribution >= 0.6 is 12.6 Å². The first-order valence-corrected chi connectivity index (χ1v) is 6.84. The fourth-order valence-corrected chi connectivity index (χ4v) is 1.73. The van der Waals surface area contributed by atoms with Crippen LogP contribution in [0, 0.1) is 0 Å². The number of ether oxygens (including phenoxy) is 1. The topological polar surface area (TPSA) is 26.3 Å². The lowest BCUT2D eigenvalue weighted by atomic mass is 10.1. The van der Waals surface area contributed by atoms with Crippen molar-refractivity contribution < 1.29 is 9.53 Å². The van der Waals surface area contributed by atoms with E-state index < -0.39 is 0 Å². The van der Waals surface area contributed by atoms with E-state index in [1.54, 1.807) is 0 Å². The first kappa shape index (κ1) is 15.6. The number of carbonyl (C=O) groups is 1. The molecule has 0 aliphatic carbocycles. The van der Waals surface area contributed by atoms with Crippen LogP contribution in [0.15, 0.2) is 12.7 Å². The molecular formula is C13H24O2S. The van der Waals surface area contributed by atoms with Gasteiger partial charge in [-0.3, -0.25) is 0 Å². The summed E-state index contributed by atoms with van der Waals surface area (Å²) >= 11 is 4.18. The van der Waals surface area contributed by atoms with Gasteiger partial charge in [0.1, 0.15) is 0 Å². The van der Waals surface area contributed by atoms with Crippen LogP contribution in [0.4, 0.5) is 0 Å². The van der Waals surface area contributed by atoms with Gasteiger partial charge in [-0.05, 0) is 18.6 Å². The van der Waals surface area contributed by atoms with Gasteiger partial charge in [0.05, 0.1) is 6.61 Å². The highest BCUT2D eigenvalue weighted by atomic mass is 32.1. The highest BCUT2D eigenvalue weighted by Crippen LogP contribution is 2.08. The van der Waals surface area contributed by atoms with Crippen molar-refractivity contribution in [2.45, 2.75) is 51.4 Å². The van der Waals surface area contributed by atoms with Crippen LogP contribution in [-0.2, 0) is 9.53 Å². The third kappa shape index (κ3) is 11.6. The van der Waals surface area contributed by atoms with Gasteiger partial charge in [-0.25, -0.2) is 4.79 Å². The molecule has 3 heteroatoms. The van der Waals surface area contributed by atoms with Gasteiger partial charge in [-0.2, -0.15) is 12.6 Å². The molecule has 0 spiro atoms. The molecule has 0 radical (unpaired) electrons. The average molecular weight is 244 g/mol. The van der Waals surface area contributed by atoms with Crippen LogP contribution in [0.25, 0.3) is 0 Å². The van der Waals surface area contributed by atoms with E-state index in [-0.39, 0.29) is 5.97 Å². The lowest BCUT2D eigenvalue weighted by Gasteiger charge is -2.02. The molecule has 0 fully saturated rings. The molecule has 0 saturated heterocycles. The summed E-state index contributed by atoms with van der Waals surface area (Å²) < 4.78 is 4.89. The van der Waals surface area contributed by atoms with Gasteiger partial charge in [0.15, 0.2) is 0 Å².